The average Bonchev–Trinajstić information content (AvgIpc) is 2.55. The molecule has 8 heteroatoms. The maximum atomic E-state index is 12.5. The minimum Gasteiger partial charge on any atom is -0.493 e. The minimum atomic E-state index is -3.43. The molecule has 134 valence electrons. The molecule has 2 N–H and O–H groups in total. The van der Waals surface area contributed by atoms with Crippen LogP contribution in [-0.2, 0) is 10.0 Å². The van der Waals surface area contributed by atoms with Crippen molar-refractivity contribution >= 4 is 27.3 Å². The van der Waals surface area contributed by atoms with Crippen molar-refractivity contribution in [3.8, 4) is 11.5 Å². The Kier molecular flexibility index (Phi) is 5.53. The van der Waals surface area contributed by atoms with E-state index in [4.69, 9.17) is 9.47 Å². The highest BCUT2D eigenvalue weighted by Crippen LogP contribution is 2.30. The third kappa shape index (κ3) is 4.63. The maximum absolute atomic E-state index is 12.5. The second kappa shape index (κ2) is 7.43. The van der Waals surface area contributed by atoms with Gasteiger partial charge in [0.05, 0.1) is 26.2 Å². The van der Waals surface area contributed by atoms with Crippen LogP contribution in [0, 0.1) is 6.92 Å². The molecular weight excluding hydrogens is 344 g/mol. The highest BCUT2D eigenvalue weighted by Gasteiger charge is 2.15. The first kappa shape index (κ1) is 18.6. The smallest absolute Gasteiger partial charge is 0.256 e. The SMILES string of the molecule is COc1ccc(NC(=O)c2cccc(NS(C)(=O)=O)c2C)cc1OC. The summed E-state index contributed by atoms with van der Waals surface area (Å²) in [7, 11) is -0.394. The Morgan fingerprint density at radius 2 is 1.72 bits per heavy atom. The van der Waals surface area contributed by atoms with Gasteiger partial charge in [-0.15, -0.1) is 0 Å². The van der Waals surface area contributed by atoms with Crippen molar-refractivity contribution < 1.29 is 22.7 Å². The zero-order valence-corrected chi connectivity index (χ0v) is 15.2. The van der Waals surface area contributed by atoms with E-state index in [0.717, 1.165) is 6.26 Å². The lowest BCUT2D eigenvalue weighted by atomic mass is 10.1. The predicted octanol–water partition coefficient (Wildman–Crippen LogP) is 2.64. The van der Waals surface area contributed by atoms with Crippen molar-refractivity contribution in [2.45, 2.75) is 6.92 Å². The van der Waals surface area contributed by atoms with Crippen molar-refractivity contribution in [2.24, 2.45) is 0 Å². The van der Waals surface area contributed by atoms with Crippen LogP contribution in [0.25, 0.3) is 0 Å². The van der Waals surface area contributed by atoms with Gasteiger partial charge in [-0.05, 0) is 36.8 Å². The summed E-state index contributed by atoms with van der Waals surface area (Å²) in [5.41, 5.74) is 1.79. The van der Waals surface area contributed by atoms with Crippen molar-refractivity contribution in [1.82, 2.24) is 0 Å². The summed E-state index contributed by atoms with van der Waals surface area (Å²) >= 11 is 0. The van der Waals surface area contributed by atoms with Crippen LogP contribution in [0.4, 0.5) is 11.4 Å². The molecular formula is C17H20N2O5S. The third-order valence-electron chi connectivity index (χ3n) is 3.52. The van der Waals surface area contributed by atoms with E-state index in [1.165, 1.54) is 14.2 Å². The molecule has 0 unspecified atom stereocenters. The number of ether oxygens (including phenoxy) is 2. The molecule has 2 aromatic rings. The lowest BCUT2D eigenvalue weighted by Gasteiger charge is -2.13. The lowest BCUT2D eigenvalue weighted by molar-refractivity contribution is 0.102. The van der Waals surface area contributed by atoms with Gasteiger partial charge in [-0.25, -0.2) is 8.42 Å². The van der Waals surface area contributed by atoms with Crippen LogP contribution in [-0.4, -0.2) is 34.8 Å². The van der Waals surface area contributed by atoms with Crippen molar-refractivity contribution in [1.29, 1.82) is 0 Å². The van der Waals surface area contributed by atoms with Crippen molar-refractivity contribution in [3.63, 3.8) is 0 Å². The van der Waals surface area contributed by atoms with Gasteiger partial charge in [0.1, 0.15) is 0 Å². The Bertz CT molecular complexity index is 894. The summed E-state index contributed by atoms with van der Waals surface area (Å²) in [6.07, 6.45) is 1.06. The maximum Gasteiger partial charge on any atom is 0.256 e. The number of carbonyl (C=O) groups excluding carboxylic acids is 1. The summed E-state index contributed by atoms with van der Waals surface area (Å²) in [5, 5.41) is 2.76. The number of hydrogen-bond donors (Lipinski definition) is 2. The van der Waals surface area contributed by atoms with Gasteiger partial charge in [0.25, 0.3) is 5.91 Å². The first-order valence-corrected chi connectivity index (χ1v) is 9.25. The highest BCUT2D eigenvalue weighted by atomic mass is 32.2. The molecule has 0 spiro atoms. The van der Waals surface area contributed by atoms with E-state index in [1.54, 1.807) is 43.3 Å². The molecule has 0 aliphatic heterocycles. The van der Waals surface area contributed by atoms with E-state index in [0.29, 0.717) is 34.0 Å². The van der Waals surface area contributed by atoms with Crippen molar-refractivity contribution in [2.75, 3.05) is 30.5 Å². The number of amides is 1. The molecule has 0 heterocycles. The van der Waals surface area contributed by atoms with E-state index in [2.05, 4.69) is 10.0 Å². The number of methoxy groups -OCH3 is 2. The van der Waals surface area contributed by atoms with Crippen LogP contribution in [0.15, 0.2) is 36.4 Å². The topological polar surface area (TPSA) is 93.7 Å². The number of sulfonamides is 1. The fraction of sp³-hybridized carbons (Fsp3) is 0.235. The molecule has 1 amide bonds. The Morgan fingerprint density at radius 3 is 2.32 bits per heavy atom. The number of carbonyl (C=O) groups is 1. The molecule has 0 radical (unpaired) electrons. The molecule has 0 aliphatic rings. The summed E-state index contributed by atoms with van der Waals surface area (Å²) < 4.78 is 35.6. The van der Waals surface area contributed by atoms with Crippen LogP contribution in [0.5, 0.6) is 11.5 Å². The van der Waals surface area contributed by atoms with Crippen molar-refractivity contribution in [3.05, 3.63) is 47.5 Å². The normalized spacial score (nSPS) is 10.9. The Balaban J connectivity index is 2.28. The summed E-state index contributed by atoms with van der Waals surface area (Å²) in [6, 6.07) is 9.85. The summed E-state index contributed by atoms with van der Waals surface area (Å²) in [6.45, 7) is 1.68. The lowest BCUT2D eigenvalue weighted by Crippen LogP contribution is -2.16. The fourth-order valence-corrected chi connectivity index (χ4v) is 2.92. The Morgan fingerprint density at radius 1 is 1.04 bits per heavy atom. The van der Waals surface area contributed by atoms with Gasteiger partial charge < -0.3 is 14.8 Å². The number of nitrogens with one attached hydrogen (secondary N) is 2. The van der Waals surface area contributed by atoms with Gasteiger partial charge in [-0.2, -0.15) is 0 Å². The van der Waals surface area contributed by atoms with Crippen LogP contribution >= 0.6 is 0 Å². The number of anilines is 2. The predicted molar refractivity (Wildman–Crippen MR) is 97.1 cm³/mol. The molecule has 0 saturated carbocycles. The molecule has 0 aromatic heterocycles. The molecule has 0 atom stereocenters. The molecule has 2 aromatic carbocycles. The summed E-state index contributed by atoms with van der Waals surface area (Å²) in [5.74, 6) is 0.683. The second-order valence-electron chi connectivity index (χ2n) is 5.38. The third-order valence-corrected chi connectivity index (χ3v) is 4.11. The first-order valence-electron chi connectivity index (χ1n) is 7.36. The summed E-state index contributed by atoms with van der Waals surface area (Å²) in [4.78, 5) is 12.5. The van der Waals surface area contributed by atoms with Gasteiger partial charge in [0.2, 0.25) is 10.0 Å². The zero-order valence-electron chi connectivity index (χ0n) is 14.4. The van der Waals surface area contributed by atoms with E-state index < -0.39 is 10.0 Å². The van der Waals surface area contributed by atoms with Crippen LogP contribution in [0.3, 0.4) is 0 Å². The van der Waals surface area contributed by atoms with Gasteiger partial charge in [-0.1, -0.05) is 6.07 Å². The van der Waals surface area contributed by atoms with E-state index in [9.17, 15) is 13.2 Å². The first-order chi connectivity index (χ1) is 11.7. The average molecular weight is 364 g/mol. The van der Waals surface area contributed by atoms with Gasteiger partial charge >= 0.3 is 0 Å². The molecule has 2 rings (SSSR count). The number of benzene rings is 2. The Hall–Kier alpha value is -2.74. The van der Waals surface area contributed by atoms with E-state index in [1.807, 2.05) is 0 Å². The van der Waals surface area contributed by atoms with Gasteiger partial charge in [0, 0.05) is 17.3 Å². The van der Waals surface area contributed by atoms with Gasteiger partial charge in [-0.3, -0.25) is 9.52 Å². The van der Waals surface area contributed by atoms with E-state index in [-0.39, 0.29) is 5.91 Å². The zero-order chi connectivity index (χ0) is 18.6. The van der Waals surface area contributed by atoms with Crippen LogP contribution < -0.4 is 19.5 Å². The molecule has 0 saturated heterocycles. The number of rotatable bonds is 6. The monoisotopic (exact) mass is 364 g/mol. The largest absolute Gasteiger partial charge is 0.493 e. The fourth-order valence-electron chi connectivity index (χ4n) is 2.30. The number of hydrogen-bond acceptors (Lipinski definition) is 5. The molecule has 7 nitrogen and oxygen atoms in total. The Labute approximate surface area is 147 Å². The molecule has 25 heavy (non-hydrogen) atoms. The standard InChI is InChI=1S/C17H20N2O5S/c1-11-13(6-5-7-14(11)19-25(4,21)22)17(20)18-12-8-9-15(23-2)16(10-12)24-3/h5-10,19H,1-4H3,(H,18,20). The molecule has 0 fully saturated rings. The van der Waals surface area contributed by atoms with E-state index >= 15 is 0 Å². The quantitative estimate of drug-likeness (QED) is 0.822. The minimum absolute atomic E-state index is 0.359. The van der Waals surface area contributed by atoms with Crippen LogP contribution in [0.2, 0.25) is 0 Å². The van der Waals surface area contributed by atoms with Gasteiger partial charge in [0.15, 0.2) is 11.5 Å². The highest BCUT2D eigenvalue weighted by molar-refractivity contribution is 7.92. The van der Waals surface area contributed by atoms with Crippen LogP contribution in [0.1, 0.15) is 15.9 Å². The molecule has 0 bridgehead atoms. The molecule has 0 aliphatic carbocycles. The second-order valence-corrected chi connectivity index (χ2v) is 7.12.